The third kappa shape index (κ3) is 5.19. The highest BCUT2D eigenvalue weighted by atomic mass is 32.1. The fourth-order valence-corrected chi connectivity index (χ4v) is 4.33. The third-order valence-corrected chi connectivity index (χ3v) is 6.15. The lowest BCUT2D eigenvalue weighted by Crippen LogP contribution is -2.38. The van der Waals surface area contributed by atoms with Crippen LogP contribution in [-0.4, -0.2) is 60.6 Å². The number of amides is 2. The largest absolute Gasteiger partial charge is 0.442 e. The average Bonchev–Trinajstić information content (AvgIpc) is 3.39. The minimum absolute atomic E-state index is 0.0816. The maximum atomic E-state index is 14.9. The Hall–Kier alpha value is -3.74. The van der Waals surface area contributed by atoms with Crippen LogP contribution in [0.4, 0.5) is 25.6 Å². The van der Waals surface area contributed by atoms with Gasteiger partial charge in [-0.05, 0) is 24.3 Å². The molecule has 1 N–H and O–H groups in total. The molecule has 1 aromatic carbocycles. The van der Waals surface area contributed by atoms with Crippen LogP contribution in [0.15, 0.2) is 35.4 Å². The number of halogens is 1. The molecule has 33 heavy (non-hydrogen) atoms. The first-order valence-electron chi connectivity index (χ1n) is 10.1. The number of hydrogen-bond acceptors (Lipinski definition) is 9. The van der Waals surface area contributed by atoms with Crippen molar-refractivity contribution in [2.24, 2.45) is 5.10 Å². The second-order valence-electron chi connectivity index (χ2n) is 7.50. The van der Waals surface area contributed by atoms with Gasteiger partial charge in [0.25, 0.3) is 0 Å². The summed E-state index contributed by atoms with van der Waals surface area (Å²) >= 11 is 1.10. The van der Waals surface area contributed by atoms with Crippen molar-refractivity contribution in [1.29, 1.82) is 0 Å². The number of carbonyl (C=O) groups is 2. The lowest BCUT2D eigenvalue weighted by atomic mass is 10.2. The van der Waals surface area contributed by atoms with E-state index in [1.807, 2.05) is 0 Å². The zero-order valence-electron chi connectivity index (χ0n) is 17.6. The topological polar surface area (TPSA) is 121 Å². The van der Waals surface area contributed by atoms with Crippen molar-refractivity contribution in [2.45, 2.75) is 19.6 Å². The van der Waals surface area contributed by atoms with Gasteiger partial charge in [-0.2, -0.15) is 5.10 Å². The summed E-state index contributed by atoms with van der Waals surface area (Å²) in [6.45, 7) is 3.18. The molecule has 0 spiro atoms. The molecule has 0 bridgehead atoms. The highest BCUT2D eigenvalue weighted by Gasteiger charge is 2.33. The van der Waals surface area contributed by atoms with Crippen molar-refractivity contribution in [3.05, 3.63) is 51.1 Å². The van der Waals surface area contributed by atoms with Crippen LogP contribution in [0.3, 0.4) is 0 Å². The standard InChI is InChI=1S/C20H21FN6O5S/c1-13(28)22-9-15-10-26(20(29)32-15)14-2-4-18(17(21)8-14)24-6-7-25(23-12-24)11-16-3-5-19(33-16)27(30)31/h2-5,8,12,15H,6-7,9-11H2,1H3,(H,22,28). The summed E-state index contributed by atoms with van der Waals surface area (Å²) in [6, 6.07) is 7.64. The highest BCUT2D eigenvalue weighted by molar-refractivity contribution is 7.15. The maximum Gasteiger partial charge on any atom is 0.414 e. The van der Waals surface area contributed by atoms with Gasteiger partial charge < -0.3 is 15.0 Å². The fraction of sp³-hybridized carbons (Fsp3) is 0.350. The van der Waals surface area contributed by atoms with Crippen molar-refractivity contribution < 1.29 is 23.6 Å². The number of nitro groups is 1. The molecule has 2 amide bonds. The Bertz CT molecular complexity index is 1110. The number of hydrogen-bond donors (Lipinski definition) is 1. The summed E-state index contributed by atoms with van der Waals surface area (Å²) in [5.41, 5.74) is 0.678. The number of anilines is 2. The van der Waals surface area contributed by atoms with E-state index in [-0.39, 0.29) is 24.0 Å². The fourth-order valence-electron chi connectivity index (χ4n) is 3.50. The van der Waals surface area contributed by atoms with E-state index in [1.54, 1.807) is 28.1 Å². The molecule has 1 atom stereocenters. The second-order valence-corrected chi connectivity index (χ2v) is 8.65. The van der Waals surface area contributed by atoms with E-state index in [4.69, 9.17) is 4.74 Å². The first kappa shape index (κ1) is 22.5. The second kappa shape index (κ2) is 9.40. The Balaban J connectivity index is 1.38. The molecule has 2 aliphatic heterocycles. The summed E-state index contributed by atoms with van der Waals surface area (Å²) < 4.78 is 20.1. The molecular weight excluding hydrogens is 455 g/mol. The van der Waals surface area contributed by atoms with Gasteiger partial charge in [-0.15, -0.1) is 0 Å². The van der Waals surface area contributed by atoms with E-state index >= 15 is 0 Å². The smallest absolute Gasteiger partial charge is 0.414 e. The molecule has 2 aromatic rings. The summed E-state index contributed by atoms with van der Waals surface area (Å²) in [5, 5.41) is 19.6. The molecule has 11 nitrogen and oxygen atoms in total. The predicted molar refractivity (Wildman–Crippen MR) is 120 cm³/mol. The molecule has 1 unspecified atom stereocenters. The van der Waals surface area contributed by atoms with Crippen LogP contribution < -0.4 is 15.1 Å². The lowest BCUT2D eigenvalue weighted by molar-refractivity contribution is -0.380. The number of carbonyl (C=O) groups excluding carboxylic acids is 2. The minimum atomic E-state index is -0.596. The Morgan fingerprint density at radius 2 is 2.18 bits per heavy atom. The van der Waals surface area contributed by atoms with Gasteiger partial charge in [0.15, 0.2) is 0 Å². The molecule has 2 aliphatic rings. The van der Waals surface area contributed by atoms with Crippen molar-refractivity contribution in [1.82, 2.24) is 10.3 Å². The Morgan fingerprint density at radius 3 is 2.82 bits per heavy atom. The van der Waals surface area contributed by atoms with Gasteiger partial charge in [-0.3, -0.25) is 24.8 Å². The van der Waals surface area contributed by atoms with Crippen molar-refractivity contribution >= 4 is 46.1 Å². The first-order valence-corrected chi connectivity index (χ1v) is 10.9. The minimum Gasteiger partial charge on any atom is -0.442 e. The maximum absolute atomic E-state index is 14.9. The Kier molecular flexibility index (Phi) is 6.40. The van der Waals surface area contributed by atoms with Crippen LogP contribution in [0.1, 0.15) is 11.8 Å². The van der Waals surface area contributed by atoms with E-state index in [9.17, 15) is 24.1 Å². The van der Waals surface area contributed by atoms with Gasteiger partial charge in [-0.25, -0.2) is 9.18 Å². The predicted octanol–water partition coefficient (Wildman–Crippen LogP) is 2.52. The van der Waals surface area contributed by atoms with Gasteiger partial charge in [0, 0.05) is 24.4 Å². The summed E-state index contributed by atoms with van der Waals surface area (Å²) in [6.07, 6.45) is 0.410. The monoisotopic (exact) mass is 476 g/mol. The summed E-state index contributed by atoms with van der Waals surface area (Å²) in [4.78, 5) is 37.4. The molecule has 13 heteroatoms. The van der Waals surface area contributed by atoms with Crippen molar-refractivity contribution in [3.8, 4) is 0 Å². The quantitative estimate of drug-likeness (QED) is 0.482. The summed E-state index contributed by atoms with van der Waals surface area (Å²) in [7, 11) is 0. The molecule has 4 rings (SSSR count). The number of benzene rings is 1. The zero-order chi connectivity index (χ0) is 23.5. The van der Waals surface area contributed by atoms with Crippen LogP contribution in [0.25, 0.3) is 0 Å². The average molecular weight is 476 g/mol. The third-order valence-electron chi connectivity index (χ3n) is 5.12. The van der Waals surface area contributed by atoms with E-state index < -0.39 is 22.9 Å². The Morgan fingerprint density at radius 1 is 1.36 bits per heavy atom. The lowest BCUT2D eigenvalue weighted by Gasteiger charge is -2.30. The Labute approximate surface area is 192 Å². The van der Waals surface area contributed by atoms with Crippen LogP contribution >= 0.6 is 11.3 Å². The molecule has 0 saturated carbocycles. The van der Waals surface area contributed by atoms with Crippen LogP contribution in [0, 0.1) is 15.9 Å². The summed E-state index contributed by atoms with van der Waals surface area (Å²) in [5.74, 6) is -0.738. The molecule has 3 heterocycles. The molecule has 1 aromatic heterocycles. The van der Waals surface area contributed by atoms with Crippen LogP contribution in [0.2, 0.25) is 0 Å². The van der Waals surface area contributed by atoms with E-state index in [0.717, 1.165) is 16.2 Å². The van der Waals surface area contributed by atoms with Gasteiger partial charge in [0.1, 0.15) is 18.3 Å². The zero-order valence-corrected chi connectivity index (χ0v) is 18.5. The van der Waals surface area contributed by atoms with Gasteiger partial charge in [-0.1, -0.05) is 11.3 Å². The number of thiophene rings is 1. The number of ether oxygens (including phenoxy) is 1. The van der Waals surface area contributed by atoms with Gasteiger partial charge in [0.2, 0.25) is 5.91 Å². The number of cyclic esters (lactones) is 1. The normalized spacial score (nSPS) is 17.9. The molecule has 1 fully saturated rings. The number of nitrogens with zero attached hydrogens (tertiary/aromatic N) is 5. The van der Waals surface area contributed by atoms with Crippen LogP contribution in [-0.2, 0) is 16.1 Å². The van der Waals surface area contributed by atoms with E-state index in [1.165, 1.54) is 30.3 Å². The number of nitrogens with one attached hydrogen (secondary N) is 1. The SMILES string of the molecule is CC(=O)NCC1CN(c2ccc(N3C=NN(Cc4ccc([N+](=O)[O-])s4)CC3)c(F)c2)C(=O)O1. The number of rotatable bonds is 7. The van der Waals surface area contributed by atoms with Gasteiger partial charge >= 0.3 is 11.1 Å². The van der Waals surface area contributed by atoms with E-state index in [2.05, 4.69) is 10.4 Å². The van der Waals surface area contributed by atoms with E-state index in [0.29, 0.717) is 31.0 Å². The first-order chi connectivity index (χ1) is 15.8. The number of hydrazone groups is 1. The molecular formula is C20H21FN6O5S. The molecule has 1 saturated heterocycles. The van der Waals surface area contributed by atoms with Crippen molar-refractivity contribution in [3.63, 3.8) is 0 Å². The molecule has 0 radical (unpaired) electrons. The highest BCUT2D eigenvalue weighted by Crippen LogP contribution is 2.29. The van der Waals surface area contributed by atoms with Crippen molar-refractivity contribution in [2.75, 3.05) is 36.0 Å². The molecule has 174 valence electrons. The van der Waals surface area contributed by atoms with Crippen LogP contribution in [0.5, 0.6) is 0 Å². The molecule has 0 aliphatic carbocycles. The van der Waals surface area contributed by atoms with Gasteiger partial charge in [0.05, 0.1) is 42.5 Å².